The van der Waals surface area contributed by atoms with Crippen molar-refractivity contribution in [2.75, 3.05) is 37.7 Å². The second-order valence-electron chi connectivity index (χ2n) is 6.09. The zero-order valence-electron chi connectivity index (χ0n) is 13.8. The van der Waals surface area contributed by atoms with Gasteiger partial charge in [-0.2, -0.15) is 0 Å². The van der Waals surface area contributed by atoms with Crippen molar-refractivity contribution >= 4 is 36.4 Å². The predicted molar refractivity (Wildman–Crippen MR) is 102 cm³/mol. The van der Waals surface area contributed by atoms with Gasteiger partial charge in [0.15, 0.2) is 0 Å². The van der Waals surface area contributed by atoms with Gasteiger partial charge in [0.25, 0.3) is 0 Å². The molecule has 0 spiro atoms. The number of nitrogens with zero attached hydrogens (tertiary/aromatic N) is 1. The summed E-state index contributed by atoms with van der Waals surface area (Å²) in [5, 5.41) is 6.50. The monoisotopic (exact) mass is 375 g/mol. The first kappa shape index (κ1) is 21.0. The Morgan fingerprint density at radius 2 is 1.92 bits per heavy atom. The number of carbonyl (C=O) groups is 1. The van der Waals surface area contributed by atoms with Crippen LogP contribution in [0, 0.1) is 0 Å². The highest BCUT2D eigenvalue weighted by Crippen LogP contribution is 2.19. The molecule has 1 aromatic carbocycles. The quantitative estimate of drug-likeness (QED) is 0.844. The van der Waals surface area contributed by atoms with E-state index >= 15 is 0 Å². The smallest absolute Gasteiger partial charge is 0.221 e. The normalized spacial score (nSPS) is 21.3. The van der Waals surface area contributed by atoms with Crippen molar-refractivity contribution in [2.45, 2.75) is 31.3 Å². The van der Waals surface area contributed by atoms with E-state index in [0.717, 1.165) is 39.1 Å². The van der Waals surface area contributed by atoms with Gasteiger partial charge in [0.1, 0.15) is 0 Å². The van der Waals surface area contributed by atoms with Gasteiger partial charge < -0.3 is 20.3 Å². The molecule has 1 amide bonds. The van der Waals surface area contributed by atoms with E-state index < -0.39 is 0 Å². The number of ether oxygens (including phenoxy) is 1. The van der Waals surface area contributed by atoms with Crippen molar-refractivity contribution in [3.8, 4) is 0 Å². The fourth-order valence-corrected chi connectivity index (χ4v) is 3.18. The lowest BCUT2D eigenvalue weighted by molar-refractivity contribution is -0.123. The van der Waals surface area contributed by atoms with E-state index in [2.05, 4.69) is 39.8 Å². The Bertz CT molecular complexity index is 476. The van der Waals surface area contributed by atoms with Crippen molar-refractivity contribution in [3.05, 3.63) is 30.3 Å². The zero-order valence-corrected chi connectivity index (χ0v) is 15.4. The van der Waals surface area contributed by atoms with Crippen LogP contribution in [0.15, 0.2) is 30.3 Å². The Labute approximate surface area is 156 Å². The lowest BCUT2D eigenvalue weighted by atomic mass is 10.0. The predicted octanol–water partition coefficient (Wildman–Crippen LogP) is 1.99. The Hall–Kier alpha value is -1.01. The Morgan fingerprint density at radius 3 is 2.54 bits per heavy atom. The molecule has 24 heavy (non-hydrogen) atoms. The number of halogens is 2. The topological polar surface area (TPSA) is 53.6 Å². The highest BCUT2D eigenvalue weighted by Gasteiger charge is 2.23. The van der Waals surface area contributed by atoms with Crippen molar-refractivity contribution < 1.29 is 9.53 Å². The molecule has 5 nitrogen and oxygen atoms in total. The van der Waals surface area contributed by atoms with Crippen molar-refractivity contribution in [1.82, 2.24) is 10.6 Å². The number of anilines is 1. The number of rotatable bonds is 4. The summed E-state index contributed by atoms with van der Waals surface area (Å²) in [7, 11) is 0. The van der Waals surface area contributed by atoms with Gasteiger partial charge in [-0.3, -0.25) is 4.79 Å². The number of hydrogen-bond acceptors (Lipinski definition) is 4. The average Bonchev–Trinajstić information content (AvgIpc) is 2.57. The molecule has 0 saturated carbocycles. The summed E-state index contributed by atoms with van der Waals surface area (Å²) in [6.45, 7) is 4.23. The third-order valence-electron chi connectivity index (χ3n) is 4.41. The third kappa shape index (κ3) is 6.13. The minimum atomic E-state index is 0. The molecule has 2 aliphatic rings. The lowest BCUT2D eigenvalue weighted by Gasteiger charge is -2.34. The molecule has 1 unspecified atom stereocenters. The maximum absolute atomic E-state index is 12.1. The van der Waals surface area contributed by atoms with Crippen molar-refractivity contribution in [2.24, 2.45) is 0 Å². The summed E-state index contributed by atoms with van der Waals surface area (Å²) < 4.78 is 5.39. The first-order valence-electron chi connectivity index (χ1n) is 8.22. The second-order valence-corrected chi connectivity index (χ2v) is 6.09. The number of morpholine rings is 1. The molecule has 0 aliphatic carbocycles. The summed E-state index contributed by atoms with van der Waals surface area (Å²) in [6, 6.07) is 10.9. The van der Waals surface area contributed by atoms with Gasteiger partial charge >= 0.3 is 0 Å². The highest BCUT2D eigenvalue weighted by molar-refractivity contribution is 5.85. The molecule has 2 aliphatic heterocycles. The van der Waals surface area contributed by atoms with Gasteiger partial charge in [-0.25, -0.2) is 0 Å². The molecule has 0 radical (unpaired) electrons. The van der Waals surface area contributed by atoms with Crippen LogP contribution in [0.5, 0.6) is 0 Å². The van der Waals surface area contributed by atoms with Crippen LogP contribution < -0.4 is 15.5 Å². The van der Waals surface area contributed by atoms with Crippen molar-refractivity contribution in [1.29, 1.82) is 0 Å². The zero-order chi connectivity index (χ0) is 15.2. The SMILES string of the molecule is Cl.Cl.O=C(CC1COCCN1)NC1CCN(c2ccccc2)CC1. The molecular weight excluding hydrogens is 349 g/mol. The molecule has 2 N–H and O–H groups in total. The molecule has 1 aromatic rings. The van der Waals surface area contributed by atoms with E-state index in [4.69, 9.17) is 4.74 Å². The highest BCUT2D eigenvalue weighted by atomic mass is 35.5. The summed E-state index contributed by atoms with van der Waals surface area (Å²) >= 11 is 0. The number of piperidine rings is 1. The molecule has 7 heteroatoms. The average molecular weight is 376 g/mol. The Morgan fingerprint density at radius 1 is 1.21 bits per heavy atom. The fourth-order valence-electron chi connectivity index (χ4n) is 3.18. The van der Waals surface area contributed by atoms with Gasteiger partial charge in [0.2, 0.25) is 5.91 Å². The number of para-hydroxylation sites is 1. The van der Waals surface area contributed by atoms with E-state index in [9.17, 15) is 4.79 Å². The minimum Gasteiger partial charge on any atom is -0.378 e. The molecule has 3 rings (SSSR count). The van der Waals surface area contributed by atoms with Gasteiger partial charge in [0, 0.05) is 43.8 Å². The summed E-state index contributed by atoms with van der Waals surface area (Å²) in [5.41, 5.74) is 1.27. The third-order valence-corrected chi connectivity index (χ3v) is 4.41. The van der Waals surface area contributed by atoms with E-state index in [0.29, 0.717) is 19.1 Å². The maximum atomic E-state index is 12.1. The summed E-state index contributed by atoms with van der Waals surface area (Å²) in [5.74, 6) is 0.140. The molecule has 2 saturated heterocycles. The van der Waals surface area contributed by atoms with E-state index in [1.165, 1.54) is 5.69 Å². The van der Waals surface area contributed by atoms with Gasteiger partial charge in [-0.1, -0.05) is 18.2 Å². The minimum absolute atomic E-state index is 0. The van der Waals surface area contributed by atoms with Crippen LogP contribution in [0.2, 0.25) is 0 Å². The van der Waals surface area contributed by atoms with Crippen LogP contribution in [0.3, 0.4) is 0 Å². The maximum Gasteiger partial charge on any atom is 0.221 e. The van der Waals surface area contributed by atoms with Gasteiger partial charge in [-0.15, -0.1) is 24.8 Å². The summed E-state index contributed by atoms with van der Waals surface area (Å²) in [4.78, 5) is 14.5. The molecule has 2 fully saturated rings. The van der Waals surface area contributed by atoms with Crippen LogP contribution in [0.4, 0.5) is 5.69 Å². The first-order valence-corrected chi connectivity index (χ1v) is 8.22. The Kier molecular flexibility index (Phi) is 9.44. The van der Waals surface area contributed by atoms with Crippen LogP contribution in [0.1, 0.15) is 19.3 Å². The lowest BCUT2D eigenvalue weighted by Crippen LogP contribution is -2.48. The summed E-state index contributed by atoms with van der Waals surface area (Å²) in [6.07, 6.45) is 2.53. The van der Waals surface area contributed by atoms with Crippen LogP contribution in [-0.4, -0.2) is 50.8 Å². The van der Waals surface area contributed by atoms with E-state index in [1.54, 1.807) is 0 Å². The largest absolute Gasteiger partial charge is 0.378 e. The van der Waals surface area contributed by atoms with Crippen LogP contribution >= 0.6 is 24.8 Å². The van der Waals surface area contributed by atoms with Crippen LogP contribution in [0.25, 0.3) is 0 Å². The van der Waals surface area contributed by atoms with Crippen molar-refractivity contribution in [3.63, 3.8) is 0 Å². The second kappa shape index (κ2) is 10.8. The number of carbonyl (C=O) groups excluding carboxylic acids is 1. The molecular formula is C17H27Cl2N3O2. The number of nitrogens with one attached hydrogen (secondary N) is 2. The van der Waals surface area contributed by atoms with E-state index in [1.807, 2.05) is 6.07 Å². The molecule has 2 heterocycles. The van der Waals surface area contributed by atoms with E-state index in [-0.39, 0.29) is 36.8 Å². The van der Waals surface area contributed by atoms with Gasteiger partial charge in [-0.05, 0) is 25.0 Å². The van der Waals surface area contributed by atoms with Gasteiger partial charge in [0.05, 0.1) is 13.2 Å². The Balaban J connectivity index is 0.00000144. The fraction of sp³-hybridized carbons (Fsp3) is 0.588. The molecule has 0 bridgehead atoms. The van der Waals surface area contributed by atoms with Crippen LogP contribution in [-0.2, 0) is 9.53 Å². The first-order chi connectivity index (χ1) is 10.8. The standard InChI is InChI=1S/C17H25N3O2.2ClH/c21-17(12-15-13-22-11-8-18-15)19-14-6-9-20(10-7-14)16-4-2-1-3-5-16;;/h1-5,14-15,18H,6-13H2,(H,19,21);2*1H. The number of benzene rings is 1. The molecule has 136 valence electrons. The molecule has 1 atom stereocenters. The number of hydrogen-bond donors (Lipinski definition) is 2. The number of amides is 1. The molecule has 0 aromatic heterocycles.